The van der Waals surface area contributed by atoms with Gasteiger partial charge in [-0.1, -0.05) is 35.9 Å². The van der Waals surface area contributed by atoms with Crippen LogP contribution >= 0.6 is 27.5 Å². The van der Waals surface area contributed by atoms with Gasteiger partial charge in [-0.2, -0.15) is 5.26 Å². The largest absolute Gasteiger partial charge is 0.347 e. The van der Waals surface area contributed by atoms with E-state index in [1.807, 2.05) is 24.3 Å². The van der Waals surface area contributed by atoms with Crippen LogP contribution in [0, 0.1) is 11.3 Å². The smallest absolute Gasteiger partial charge is 0.262 e. The first kappa shape index (κ1) is 16.2. The Morgan fingerprint density at radius 2 is 2.09 bits per heavy atom. The second-order valence-corrected chi connectivity index (χ2v) is 5.55. The Morgan fingerprint density at radius 3 is 2.77 bits per heavy atom. The summed E-state index contributed by atoms with van der Waals surface area (Å²) in [7, 11) is 0. The van der Waals surface area contributed by atoms with Gasteiger partial charge in [-0.25, -0.2) is 4.98 Å². The number of pyridine rings is 1. The zero-order valence-electron chi connectivity index (χ0n) is 11.4. The fraction of sp³-hybridized carbons (Fsp3) is 0.0625. The zero-order chi connectivity index (χ0) is 15.9. The Balaban J connectivity index is 2.10. The highest BCUT2D eigenvalue weighted by molar-refractivity contribution is 9.10. The molecular formula is C16H11BrClN3O. The lowest BCUT2D eigenvalue weighted by atomic mass is 10.2. The van der Waals surface area contributed by atoms with Crippen LogP contribution in [0.25, 0.3) is 6.08 Å². The Morgan fingerprint density at radius 1 is 1.32 bits per heavy atom. The van der Waals surface area contributed by atoms with Crippen LogP contribution in [0.5, 0.6) is 0 Å². The number of aromatic nitrogens is 1. The second kappa shape index (κ2) is 7.74. The number of amides is 1. The number of hydrogen-bond acceptors (Lipinski definition) is 3. The van der Waals surface area contributed by atoms with Crippen molar-refractivity contribution in [1.29, 1.82) is 5.26 Å². The van der Waals surface area contributed by atoms with Crippen molar-refractivity contribution in [3.8, 4) is 6.07 Å². The van der Waals surface area contributed by atoms with Crippen LogP contribution in [0.1, 0.15) is 11.3 Å². The van der Waals surface area contributed by atoms with E-state index < -0.39 is 5.91 Å². The van der Waals surface area contributed by atoms with Gasteiger partial charge < -0.3 is 5.32 Å². The molecule has 1 aromatic carbocycles. The summed E-state index contributed by atoms with van der Waals surface area (Å²) in [4.78, 5) is 16.2. The van der Waals surface area contributed by atoms with Crippen LogP contribution in [0.2, 0.25) is 5.02 Å². The van der Waals surface area contributed by atoms with E-state index in [1.165, 1.54) is 6.08 Å². The van der Waals surface area contributed by atoms with Gasteiger partial charge in [0.15, 0.2) is 0 Å². The molecule has 1 aromatic heterocycles. The third-order valence-corrected chi connectivity index (χ3v) is 3.60. The summed E-state index contributed by atoms with van der Waals surface area (Å²) >= 11 is 9.26. The first-order chi connectivity index (χ1) is 10.6. The molecule has 1 heterocycles. The van der Waals surface area contributed by atoms with Crippen molar-refractivity contribution in [3.05, 3.63) is 68.9 Å². The predicted molar refractivity (Wildman–Crippen MR) is 88.8 cm³/mol. The molecule has 0 unspecified atom stereocenters. The number of carbonyl (C=O) groups excluding carboxylic acids is 1. The van der Waals surface area contributed by atoms with Crippen LogP contribution in [0.15, 0.2) is 52.6 Å². The van der Waals surface area contributed by atoms with Gasteiger partial charge >= 0.3 is 0 Å². The summed E-state index contributed by atoms with van der Waals surface area (Å²) in [6.07, 6.45) is 1.44. The van der Waals surface area contributed by atoms with Crippen LogP contribution in [-0.2, 0) is 11.3 Å². The van der Waals surface area contributed by atoms with Gasteiger partial charge in [0.2, 0.25) is 0 Å². The zero-order valence-corrected chi connectivity index (χ0v) is 13.7. The van der Waals surface area contributed by atoms with E-state index in [0.717, 1.165) is 5.56 Å². The minimum atomic E-state index is -0.468. The summed E-state index contributed by atoms with van der Waals surface area (Å²) in [5.74, 6) is -0.468. The third kappa shape index (κ3) is 4.42. The molecule has 0 saturated carbocycles. The predicted octanol–water partition coefficient (Wildman–Crippen LogP) is 3.72. The SMILES string of the molecule is N#CC(=Cc1cccc(Br)n1)C(=O)NCc1ccccc1Cl. The lowest BCUT2D eigenvalue weighted by Gasteiger charge is -2.06. The molecule has 22 heavy (non-hydrogen) atoms. The Labute approximate surface area is 141 Å². The molecule has 0 radical (unpaired) electrons. The number of carbonyl (C=O) groups is 1. The minimum Gasteiger partial charge on any atom is -0.347 e. The fourth-order valence-corrected chi connectivity index (χ4v) is 2.27. The summed E-state index contributed by atoms with van der Waals surface area (Å²) < 4.78 is 0.634. The van der Waals surface area contributed by atoms with E-state index in [2.05, 4.69) is 26.2 Å². The molecule has 1 N–H and O–H groups in total. The maximum absolute atomic E-state index is 12.1. The van der Waals surface area contributed by atoms with Crippen molar-refractivity contribution in [2.45, 2.75) is 6.54 Å². The summed E-state index contributed by atoms with van der Waals surface area (Å²) in [6, 6.07) is 14.3. The topological polar surface area (TPSA) is 65.8 Å². The normalized spacial score (nSPS) is 10.9. The number of nitrogens with one attached hydrogen (secondary N) is 1. The Kier molecular flexibility index (Phi) is 5.70. The molecule has 0 bridgehead atoms. The monoisotopic (exact) mass is 375 g/mol. The number of benzene rings is 1. The highest BCUT2D eigenvalue weighted by atomic mass is 79.9. The van der Waals surface area contributed by atoms with E-state index in [0.29, 0.717) is 15.3 Å². The highest BCUT2D eigenvalue weighted by Gasteiger charge is 2.10. The Bertz CT molecular complexity index is 768. The molecule has 0 aliphatic carbocycles. The van der Waals surface area contributed by atoms with Gasteiger partial charge in [-0.15, -0.1) is 0 Å². The van der Waals surface area contributed by atoms with Crippen molar-refractivity contribution in [2.24, 2.45) is 0 Å². The van der Waals surface area contributed by atoms with Crippen LogP contribution in [-0.4, -0.2) is 10.9 Å². The second-order valence-electron chi connectivity index (χ2n) is 4.33. The van der Waals surface area contributed by atoms with E-state index in [1.54, 1.807) is 24.3 Å². The molecular weight excluding hydrogens is 366 g/mol. The van der Waals surface area contributed by atoms with Crippen LogP contribution < -0.4 is 5.32 Å². The Hall–Kier alpha value is -2.16. The minimum absolute atomic E-state index is 0.0161. The van der Waals surface area contributed by atoms with Crippen LogP contribution in [0.4, 0.5) is 0 Å². The number of nitriles is 1. The van der Waals surface area contributed by atoms with E-state index in [4.69, 9.17) is 16.9 Å². The van der Waals surface area contributed by atoms with E-state index in [-0.39, 0.29) is 12.1 Å². The molecule has 2 rings (SSSR count). The number of hydrogen-bond donors (Lipinski definition) is 1. The summed E-state index contributed by atoms with van der Waals surface area (Å²) in [5, 5.41) is 12.4. The quantitative estimate of drug-likeness (QED) is 0.502. The maximum Gasteiger partial charge on any atom is 0.262 e. The standard InChI is InChI=1S/C16H11BrClN3O/c17-15-7-3-5-13(21-15)8-12(9-19)16(22)20-10-11-4-1-2-6-14(11)18/h1-8H,10H2,(H,20,22). The molecule has 1 amide bonds. The van der Waals surface area contributed by atoms with Crippen LogP contribution in [0.3, 0.4) is 0 Å². The van der Waals surface area contributed by atoms with Gasteiger partial charge in [-0.05, 0) is 45.8 Å². The molecule has 0 aliphatic heterocycles. The van der Waals surface area contributed by atoms with Gasteiger partial charge in [-0.3, -0.25) is 4.79 Å². The lowest BCUT2D eigenvalue weighted by molar-refractivity contribution is -0.117. The lowest BCUT2D eigenvalue weighted by Crippen LogP contribution is -2.24. The molecule has 0 aliphatic rings. The van der Waals surface area contributed by atoms with Gasteiger partial charge in [0.05, 0.1) is 5.69 Å². The fourth-order valence-electron chi connectivity index (χ4n) is 1.71. The van der Waals surface area contributed by atoms with Gasteiger partial charge in [0.25, 0.3) is 5.91 Å². The van der Waals surface area contributed by atoms with E-state index in [9.17, 15) is 4.79 Å². The number of rotatable bonds is 4. The van der Waals surface area contributed by atoms with E-state index >= 15 is 0 Å². The maximum atomic E-state index is 12.1. The molecule has 0 atom stereocenters. The molecule has 2 aromatic rings. The number of nitrogens with zero attached hydrogens (tertiary/aromatic N) is 2. The first-order valence-corrected chi connectivity index (χ1v) is 7.53. The van der Waals surface area contributed by atoms with Crippen molar-refractivity contribution in [3.63, 3.8) is 0 Å². The van der Waals surface area contributed by atoms with Crippen molar-refractivity contribution >= 4 is 39.5 Å². The molecule has 4 nitrogen and oxygen atoms in total. The molecule has 110 valence electrons. The first-order valence-electron chi connectivity index (χ1n) is 6.36. The molecule has 0 saturated heterocycles. The number of halogens is 2. The summed E-state index contributed by atoms with van der Waals surface area (Å²) in [5.41, 5.74) is 1.30. The third-order valence-electron chi connectivity index (χ3n) is 2.79. The van der Waals surface area contributed by atoms with Gasteiger partial charge in [0.1, 0.15) is 16.2 Å². The summed E-state index contributed by atoms with van der Waals surface area (Å²) in [6.45, 7) is 0.253. The average Bonchev–Trinajstić information content (AvgIpc) is 2.51. The van der Waals surface area contributed by atoms with Gasteiger partial charge in [0, 0.05) is 11.6 Å². The molecule has 6 heteroatoms. The van der Waals surface area contributed by atoms with Crippen molar-refractivity contribution < 1.29 is 4.79 Å². The average molecular weight is 377 g/mol. The van der Waals surface area contributed by atoms with Crippen molar-refractivity contribution in [1.82, 2.24) is 10.3 Å². The molecule has 0 spiro atoms. The highest BCUT2D eigenvalue weighted by Crippen LogP contribution is 2.15. The molecule has 0 fully saturated rings. The van der Waals surface area contributed by atoms with Crippen molar-refractivity contribution in [2.75, 3.05) is 0 Å².